The molecule has 1 N–H and O–H groups in total. The van der Waals surface area contributed by atoms with Crippen molar-refractivity contribution in [2.45, 2.75) is 25.7 Å². The average molecular weight is 296 g/mol. The number of benzene rings is 2. The highest BCUT2D eigenvalue weighted by atomic mass is 19.1. The van der Waals surface area contributed by atoms with Gasteiger partial charge in [0.25, 0.3) is 0 Å². The second-order valence-corrected chi connectivity index (χ2v) is 5.58. The summed E-state index contributed by atoms with van der Waals surface area (Å²) in [7, 11) is 0. The van der Waals surface area contributed by atoms with Crippen molar-refractivity contribution in [3.8, 4) is 0 Å². The first kappa shape index (κ1) is 14.5. The summed E-state index contributed by atoms with van der Waals surface area (Å²) in [6.45, 7) is 0. The number of hydrogen-bond donors (Lipinski definition) is 1. The van der Waals surface area contributed by atoms with Crippen LogP contribution >= 0.6 is 0 Å². The van der Waals surface area contributed by atoms with Crippen LogP contribution < -0.4 is 0 Å². The molecule has 0 aliphatic heterocycles. The summed E-state index contributed by atoms with van der Waals surface area (Å²) >= 11 is 0. The van der Waals surface area contributed by atoms with Crippen LogP contribution in [-0.2, 0) is 17.6 Å². The Bertz CT molecular complexity index is 747. The number of halogens is 1. The van der Waals surface area contributed by atoms with Gasteiger partial charge in [0.05, 0.1) is 5.57 Å². The topological polar surface area (TPSA) is 37.3 Å². The molecule has 0 saturated heterocycles. The van der Waals surface area contributed by atoms with Gasteiger partial charge in [-0.1, -0.05) is 36.4 Å². The number of hydrogen-bond acceptors (Lipinski definition) is 1. The minimum Gasteiger partial charge on any atom is -0.478 e. The van der Waals surface area contributed by atoms with E-state index in [2.05, 4.69) is 0 Å². The smallest absolute Gasteiger partial charge is 0.336 e. The van der Waals surface area contributed by atoms with E-state index in [0.717, 1.165) is 19.3 Å². The lowest BCUT2D eigenvalue weighted by Crippen LogP contribution is -2.05. The summed E-state index contributed by atoms with van der Waals surface area (Å²) in [5, 5.41) is 9.49. The van der Waals surface area contributed by atoms with Crippen LogP contribution in [0.3, 0.4) is 0 Å². The molecule has 2 nitrogen and oxygen atoms in total. The standard InChI is InChI=1S/C19H17FO2/c20-18-8-4-3-7-16(18)12-17(19(21)22)15-10-9-13-5-1-2-6-14(13)11-15/h3-4,7-12H,1-2,5-6H2,(H,21,22)/b17-12-. The predicted octanol–water partition coefficient (Wildman–Crippen LogP) is 4.33. The Hall–Kier alpha value is -2.42. The molecule has 1 aliphatic rings. The zero-order chi connectivity index (χ0) is 15.5. The van der Waals surface area contributed by atoms with Crippen LogP contribution in [0.2, 0.25) is 0 Å². The fraction of sp³-hybridized carbons (Fsp3) is 0.211. The number of aliphatic carboxylic acids is 1. The number of carbonyl (C=O) groups is 1. The Balaban J connectivity index is 2.05. The van der Waals surface area contributed by atoms with Crippen molar-refractivity contribution in [2.75, 3.05) is 0 Å². The minimum atomic E-state index is -1.04. The van der Waals surface area contributed by atoms with Crippen LogP contribution in [0, 0.1) is 5.82 Å². The van der Waals surface area contributed by atoms with Crippen molar-refractivity contribution in [3.63, 3.8) is 0 Å². The van der Waals surface area contributed by atoms with E-state index < -0.39 is 11.8 Å². The molecule has 0 amide bonds. The quantitative estimate of drug-likeness (QED) is 0.676. The van der Waals surface area contributed by atoms with Gasteiger partial charge in [0, 0.05) is 5.56 Å². The molecule has 112 valence electrons. The van der Waals surface area contributed by atoms with E-state index in [1.807, 2.05) is 18.2 Å². The summed E-state index contributed by atoms with van der Waals surface area (Å²) in [6, 6.07) is 12.0. The van der Waals surface area contributed by atoms with Gasteiger partial charge >= 0.3 is 5.97 Å². The van der Waals surface area contributed by atoms with E-state index >= 15 is 0 Å². The molecule has 0 bridgehead atoms. The van der Waals surface area contributed by atoms with Gasteiger partial charge in [0.2, 0.25) is 0 Å². The molecule has 0 atom stereocenters. The average Bonchev–Trinajstić information content (AvgIpc) is 2.53. The van der Waals surface area contributed by atoms with E-state index in [1.165, 1.54) is 29.7 Å². The Morgan fingerprint density at radius 1 is 1.05 bits per heavy atom. The Kier molecular flexibility index (Phi) is 4.05. The third kappa shape index (κ3) is 2.93. The second kappa shape index (κ2) is 6.14. The molecule has 22 heavy (non-hydrogen) atoms. The summed E-state index contributed by atoms with van der Waals surface area (Å²) in [6.07, 6.45) is 5.76. The first-order chi connectivity index (χ1) is 10.6. The van der Waals surface area contributed by atoms with E-state index in [-0.39, 0.29) is 11.1 Å². The van der Waals surface area contributed by atoms with Crippen molar-refractivity contribution in [2.24, 2.45) is 0 Å². The molecule has 1 aliphatic carbocycles. The summed E-state index contributed by atoms with van der Waals surface area (Å²) in [4.78, 5) is 11.6. The zero-order valence-electron chi connectivity index (χ0n) is 12.2. The normalized spacial score (nSPS) is 14.5. The Morgan fingerprint density at radius 3 is 2.50 bits per heavy atom. The Labute approximate surface area is 128 Å². The predicted molar refractivity (Wildman–Crippen MR) is 85.0 cm³/mol. The van der Waals surface area contributed by atoms with Crippen LogP contribution in [0.1, 0.15) is 35.1 Å². The maximum atomic E-state index is 13.8. The number of aryl methyl sites for hydroxylation is 2. The van der Waals surface area contributed by atoms with E-state index in [1.54, 1.807) is 18.2 Å². The monoisotopic (exact) mass is 296 g/mol. The van der Waals surface area contributed by atoms with Crippen LogP contribution in [0.5, 0.6) is 0 Å². The minimum absolute atomic E-state index is 0.124. The third-order valence-electron chi connectivity index (χ3n) is 4.09. The van der Waals surface area contributed by atoms with Crippen LogP contribution in [0.25, 0.3) is 11.6 Å². The Morgan fingerprint density at radius 2 is 1.77 bits per heavy atom. The maximum absolute atomic E-state index is 13.8. The van der Waals surface area contributed by atoms with E-state index in [4.69, 9.17) is 0 Å². The SMILES string of the molecule is O=C(O)/C(=C\c1ccccc1F)c1ccc2c(c1)CCCC2. The number of carboxylic acid groups (broad SMARTS) is 1. The maximum Gasteiger partial charge on any atom is 0.336 e. The molecule has 0 saturated carbocycles. The summed E-state index contributed by atoms with van der Waals surface area (Å²) < 4.78 is 13.8. The van der Waals surface area contributed by atoms with Crippen LogP contribution in [0.15, 0.2) is 42.5 Å². The number of carboxylic acids is 1. The number of fused-ring (bicyclic) bond motifs is 1. The molecule has 0 unspecified atom stereocenters. The first-order valence-electron chi connectivity index (χ1n) is 7.47. The lowest BCUT2D eigenvalue weighted by Gasteiger charge is -2.16. The molecule has 0 fully saturated rings. The highest BCUT2D eigenvalue weighted by Crippen LogP contribution is 2.27. The van der Waals surface area contributed by atoms with Gasteiger partial charge in [-0.05, 0) is 54.5 Å². The fourth-order valence-corrected chi connectivity index (χ4v) is 2.92. The van der Waals surface area contributed by atoms with Gasteiger partial charge in [0.1, 0.15) is 5.82 Å². The molecular weight excluding hydrogens is 279 g/mol. The molecule has 3 rings (SSSR count). The molecule has 0 radical (unpaired) electrons. The molecule has 0 heterocycles. The van der Waals surface area contributed by atoms with E-state index in [0.29, 0.717) is 5.56 Å². The van der Waals surface area contributed by atoms with Gasteiger partial charge in [-0.2, -0.15) is 0 Å². The molecule has 0 spiro atoms. The first-order valence-corrected chi connectivity index (χ1v) is 7.47. The zero-order valence-corrected chi connectivity index (χ0v) is 12.2. The molecule has 2 aromatic rings. The van der Waals surface area contributed by atoms with Crippen molar-refractivity contribution >= 4 is 17.6 Å². The largest absolute Gasteiger partial charge is 0.478 e. The second-order valence-electron chi connectivity index (χ2n) is 5.58. The van der Waals surface area contributed by atoms with Crippen molar-refractivity contribution < 1.29 is 14.3 Å². The van der Waals surface area contributed by atoms with Gasteiger partial charge in [-0.3, -0.25) is 0 Å². The van der Waals surface area contributed by atoms with Crippen molar-refractivity contribution in [1.82, 2.24) is 0 Å². The number of rotatable bonds is 3. The summed E-state index contributed by atoms with van der Waals surface area (Å²) in [5.74, 6) is -1.46. The molecular formula is C19H17FO2. The van der Waals surface area contributed by atoms with Crippen LogP contribution in [-0.4, -0.2) is 11.1 Å². The highest BCUT2D eigenvalue weighted by molar-refractivity contribution is 6.20. The summed E-state index contributed by atoms with van der Waals surface area (Å²) in [5.41, 5.74) is 3.56. The van der Waals surface area contributed by atoms with Gasteiger partial charge < -0.3 is 5.11 Å². The fourth-order valence-electron chi connectivity index (χ4n) is 2.92. The van der Waals surface area contributed by atoms with Gasteiger partial charge in [-0.25, -0.2) is 9.18 Å². The van der Waals surface area contributed by atoms with Gasteiger partial charge in [-0.15, -0.1) is 0 Å². The van der Waals surface area contributed by atoms with Crippen molar-refractivity contribution in [1.29, 1.82) is 0 Å². The molecule has 3 heteroatoms. The van der Waals surface area contributed by atoms with Crippen molar-refractivity contribution in [3.05, 3.63) is 70.5 Å². The molecule has 0 aromatic heterocycles. The highest BCUT2D eigenvalue weighted by Gasteiger charge is 2.15. The van der Waals surface area contributed by atoms with Crippen LogP contribution in [0.4, 0.5) is 4.39 Å². The van der Waals surface area contributed by atoms with E-state index in [9.17, 15) is 14.3 Å². The lowest BCUT2D eigenvalue weighted by molar-refractivity contribution is -0.130. The molecule has 2 aromatic carbocycles. The third-order valence-corrected chi connectivity index (χ3v) is 4.09. The van der Waals surface area contributed by atoms with Gasteiger partial charge in [0.15, 0.2) is 0 Å². The lowest BCUT2D eigenvalue weighted by atomic mass is 9.89.